The molecule has 1 saturated carbocycles. The molecule has 1 aromatic rings. The van der Waals surface area contributed by atoms with Crippen LogP contribution in [0.3, 0.4) is 0 Å². The molecule has 2 saturated heterocycles. The van der Waals surface area contributed by atoms with Gasteiger partial charge in [0.1, 0.15) is 0 Å². The fourth-order valence-corrected chi connectivity index (χ4v) is 4.26. The Morgan fingerprint density at radius 3 is 2.63 bits per heavy atom. The molecule has 3 aliphatic rings. The van der Waals surface area contributed by atoms with Crippen molar-refractivity contribution in [2.75, 3.05) is 0 Å². The third-order valence-corrected chi connectivity index (χ3v) is 5.71. The minimum Gasteiger partial charge on any atom is -0.341 e. The first-order valence-corrected chi connectivity index (χ1v) is 9.43. The molecule has 2 aliphatic heterocycles. The van der Waals surface area contributed by atoms with Crippen LogP contribution in [-0.4, -0.2) is 34.3 Å². The van der Waals surface area contributed by atoms with Gasteiger partial charge in [0, 0.05) is 12.2 Å². The molecule has 0 spiro atoms. The number of nitrogens with zero attached hydrogens (tertiary/aromatic N) is 2. The lowest BCUT2D eigenvalue weighted by atomic mass is 9.91. The predicted octanol–water partition coefficient (Wildman–Crippen LogP) is 2.16. The van der Waals surface area contributed by atoms with Gasteiger partial charge in [-0.15, -0.1) is 0 Å². The lowest BCUT2D eigenvalue weighted by molar-refractivity contribution is -0.138. The standard InChI is InChI=1S/C18H24F3N5O/c1-3-13(12-7-6-11(8-22-12)18(19,20)21)26-16-14(15(25-26)10-4-5-10)17(27)24-9(2)23-16/h6-10,13-16,23,25H,3-5H2,1-2H3,(H,24,27)/t9?,13-,14?,15?,16?/m1/s1. The molecule has 3 heterocycles. The molecular weight excluding hydrogens is 359 g/mol. The van der Waals surface area contributed by atoms with Crippen LogP contribution in [0.1, 0.15) is 50.4 Å². The first kappa shape index (κ1) is 18.6. The molecule has 27 heavy (non-hydrogen) atoms. The number of hydrazine groups is 1. The highest BCUT2D eigenvalue weighted by Gasteiger charge is 2.55. The first-order valence-electron chi connectivity index (χ1n) is 9.43. The summed E-state index contributed by atoms with van der Waals surface area (Å²) in [6, 6.07) is 2.32. The van der Waals surface area contributed by atoms with Gasteiger partial charge in [0.2, 0.25) is 5.91 Å². The molecule has 3 fully saturated rings. The third-order valence-electron chi connectivity index (χ3n) is 5.71. The van der Waals surface area contributed by atoms with E-state index in [0.717, 1.165) is 25.1 Å². The van der Waals surface area contributed by atoms with Crippen molar-refractivity contribution in [3.8, 4) is 0 Å². The number of halogens is 3. The van der Waals surface area contributed by atoms with Gasteiger partial charge < -0.3 is 5.32 Å². The first-order chi connectivity index (χ1) is 12.8. The van der Waals surface area contributed by atoms with E-state index in [-0.39, 0.29) is 36.2 Å². The molecular formula is C18H24F3N5O. The number of hydrogen-bond donors (Lipinski definition) is 3. The summed E-state index contributed by atoms with van der Waals surface area (Å²) in [5, 5.41) is 8.36. The predicted molar refractivity (Wildman–Crippen MR) is 91.8 cm³/mol. The fraction of sp³-hybridized carbons (Fsp3) is 0.667. The summed E-state index contributed by atoms with van der Waals surface area (Å²) in [7, 11) is 0. The fourth-order valence-electron chi connectivity index (χ4n) is 4.26. The van der Waals surface area contributed by atoms with Crippen molar-refractivity contribution in [1.82, 2.24) is 26.1 Å². The van der Waals surface area contributed by atoms with Crippen molar-refractivity contribution in [1.29, 1.82) is 0 Å². The maximum absolute atomic E-state index is 12.8. The second kappa shape index (κ2) is 6.72. The number of alkyl halides is 3. The number of amides is 1. The van der Waals surface area contributed by atoms with E-state index < -0.39 is 11.7 Å². The topological polar surface area (TPSA) is 69.3 Å². The minimum absolute atomic E-state index is 0.0216. The molecule has 0 bridgehead atoms. The highest BCUT2D eigenvalue weighted by atomic mass is 19.4. The molecule has 9 heteroatoms. The van der Waals surface area contributed by atoms with Gasteiger partial charge in [0.25, 0.3) is 0 Å². The Kier molecular flexibility index (Phi) is 4.64. The van der Waals surface area contributed by atoms with Gasteiger partial charge in [-0.3, -0.25) is 15.1 Å². The van der Waals surface area contributed by atoms with Gasteiger partial charge in [-0.1, -0.05) is 6.92 Å². The lowest BCUT2D eigenvalue weighted by Crippen LogP contribution is -2.63. The third kappa shape index (κ3) is 3.43. The smallest absolute Gasteiger partial charge is 0.341 e. The van der Waals surface area contributed by atoms with Gasteiger partial charge in [-0.25, -0.2) is 10.4 Å². The van der Waals surface area contributed by atoms with E-state index in [9.17, 15) is 18.0 Å². The van der Waals surface area contributed by atoms with Crippen LogP contribution in [0.15, 0.2) is 18.3 Å². The van der Waals surface area contributed by atoms with Gasteiger partial charge in [-0.05, 0) is 44.2 Å². The molecule has 6 nitrogen and oxygen atoms in total. The SMILES string of the molecule is CC[C@H](c1ccc(C(F)(F)F)cn1)N1NC(C2CC2)C2C(=O)NC(C)NC21. The van der Waals surface area contributed by atoms with E-state index in [1.807, 2.05) is 18.9 Å². The molecule has 4 unspecified atom stereocenters. The molecule has 4 rings (SSSR count). The average Bonchev–Trinajstić information content (AvgIpc) is 3.38. The molecule has 1 amide bonds. The maximum Gasteiger partial charge on any atom is 0.417 e. The van der Waals surface area contributed by atoms with Crippen molar-refractivity contribution in [2.45, 2.75) is 63.7 Å². The molecule has 5 atom stereocenters. The molecule has 0 radical (unpaired) electrons. The second-order valence-corrected chi connectivity index (χ2v) is 7.66. The van der Waals surface area contributed by atoms with E-state index in [0.29, 0.717) is 18.0 Å². The van der Waals surface area contributed by atoms with Gasteiger partial charge in [0.05, 0.1) is 35.5 Å². The molecule has 0 aromatic carbocycles. The monoisotopic (exact) mass is 383 g/mol. The van der Waals surface area contributed by atoms with E-state index in [1.165, 1.54) is 6.07 Å². The second-order valence-electron chi connectivity index (χ2n) is 7.66. The Bertz CT molecular complexity index is 706. The van der Waals surface area contributed by atoms with Crippen LogP contribution in [-0.2, 0) is 11.0 Å². The van der Waals surface area contributed by atoms with Gasteiger partial charge >= 0.3 is 6.18 Å². The Balaban J connectivity index is 1.62. The quantitative estimate of drug-likeness (QED) is 0.744. The summed E-state index contributed by atoms with van der Waals surface area (Å²) in [6.45, 7) is 3.85. The summed E-state index contributed by atoms with van der Waals surface area (Å²) < 4.78 is 38.5. The summed E-state index contributed by atoms with van der Waals surface area (Å²) in [4.78, 5) is 16.7. The number of carbonyl (C=O) groups is 1. The van der Waals surface area contributed by atoms with Crippen LogP contribution in [0.4, 0.5) is 13.2 Å². The van der Waals surface area contributed by atoms with Crippen molar-refractivity contribution in [3.05, 3.63) is 29.6 Å². The largest absolute Gasteiger partial charge is 0.417 e. The normalized spacial score (nSPS) is 32.9. The number of hydrogen-bond acceptors (Lipinski definition) is 5. The Labute approximate surface area is 155 Å². The number of nitrogens with one attached hydrogen (secondary N) is 3. The summed E-state index contributed by atoms with van der Waals surface area (Å²) >= 11 is 0. The van der Waals surface area contributed by atoms with E-state index >= 15 is 0 Å². The van der Waals surface area contributed by atoms with E-state index in [2.05, 4.69) is 21.0 Å². The molecule has 148 valence electrons. The molecule has 3 N–H and O–H groups in total. The van der Waals surface area contributed by atoms with Crippen molar-refractivity contribution in [3.63, 3.8) is 0 Å². The Morgan fingerprint density at radius 1 is 1.33 bits per heavy atom. The van der Waals surface area contributed by atoms with Crippen LogP contribution >= 0.6 is 0 Å². The number of aromatic nitrogens is 1. The maximum atomic E-state index is 12.8. The lowest BCUT2D eigenvalue weighted by Gasteiger charge is -2.38. The van der Waals surface area contributed by atoms with Crippen LogP contribution in [0.2, 0.25) is 0 Å². The number of pyridine rings is 1. The summed E-state index contributed by atoms with van der Waals surface area (Å²) in [5.74, 6) is 0.257. The Hall–Kier alpha value is -1.71. The van der Waals surface area contributed by atoms with Crippen molar-refractivity contribution < 1.29 is 18.0 Å². The van der Waals surface area contributed by atoms with E-state index in [1.54, 1.807) is 0 Å². The molecule has 1 aromatic heterocycles. The minimum atomic E-state index is -4.40. The molecule has 1 aliphatic carbocycles. The Morgan fingerprint density at radius 2 is 2.07 bits per heavy atom. The van der Waals surface area contributed by atoms with Crippen LogP contribution < -0.4 is 16.1 Å². The van der Waals surface area contributed by atoms with Crippen LogP contribution in [0, 0.1) is 11.8 Å². The van der Waals surface area contributed by atoms with Crippen LogP contribution in [0.25, 0.3) is 0 Å². The zero-order chi connectivity index (χ0) is 19.3. The van der Waals surface area contributed by atoms with Gasteiger partial charge in [0.15, 0.2) is 0 Å². The van der Waals surface area contributed by atoms with E-state index in [4.69, 9.17) is 0 Å². The summed E-state index contributed by atoms with van der Waals surface area (Å²) in [5.41, 5.74) is 3.30. The van der Waals surface area contributed by atoms with Crippen molar-refractivity contribution in [2.24, 2.45) is 11.8 Å². The average molecular weight is 383 g/mol. The summed E-state index contributed by atoms with van der Waals surface area (Å²) in [6.07, 6.45) is -1.07. The number of carbonyl (C=O) groups excluding carboxylic acids is 1. The zero-order valence-corrected chi connectivity index (χ0v) is 15.3. The number of rotatable bonds is 4. The highest BCUT2D eigenvalue weighted by Crippen LogP contribution is 2.43. The van der Waals surface area contributed by atoms with Crippen molar-refractivity contribution >= 4 is 5.91 Å². The zero-order valence-electron chi connectivity index (χ0n) is 15.3. The number of fused-ring (bicyclic) bond motifs is 1. The van der Waals surface area contributed by atoms with Crippen LogP contribution in [0.5, 0.6) is 0 Å². The highest BCUT2D eigenvalue weighted by molar-refractivity contribution is 5.81. The van der Waals surface area contributed by atoms with Gasteiger partial charge in [-0.2, -0.15) is 13.2 Å².